The second-order valence-electron chi connectivity index (χ2n) is 7.25. The Bertz CT molecular complexity index is 1010. The number of carbonyl (C=O) groups is 2. The van der Waals surface area contributed by atoms with Crippen molar-refractivity contribution in [1.29, 1.82) is 0 Å². The molecule has 2 N–H and O–H groups in total. The third-order valence-corrected chi connectivity index (χ3v) is 5.07. The van der Waals surface area contributed by atoms with Crippen LogP contribution in [0.5, 0.6) is 5.75 Å². The SMILES string of the molecule is CCN(CC)C(C(=O)Nc1cccc(OCC(=O)Nc2ccccc2)c1)c1ccccc1. The molecule has 166 valence electrons. The minimum atomic E-state index is -0.396. The van der Waals surface area contributed by atoms with Crippen LogP contribution < -0.4 is 15.4 Å². The van der Waals surface area contributed by atoms with Crippen molar-refractivity contribution in [3.05, 3.63) is 90.5 Å². The molecule has 0 aliphatic heterocycles. The van der Waals surface area contributed by atoms with E-state index in [1.807, 2.05) is 74.5 Å². The zero-order valence-corrected chi connectivity index (χ0v) is 18.5. The minimum Gasteiger partial charge on any atom is -0.484 e. The van der Waals surface area contributed by atoms with Gasteiger partial charge in [-0.3, -0.25) is 14.5 Å². The number of likely N-dealkylation sites (N-methyl/N-ethyl adjacent to an activating group) is 1. The van der Waals surface area contributed by atoms with Gasteiger partial charge in [-0.2, -0.15) is 0 Å². The first-order chi connectivity index (χ1) is 15.6. The van der Waals surface area contributed by atoms with Crippen LogP contribution >= 0.6 is 0 Å². The molecular formula is C26H29N3O3. The molecule has 1 atom stereocenters. The summed E-state index contributed by atoms with van der Waals surface area (Å²) in [5.74, 6) is 0.139. The van der Waals surface area contributed by atoms with E-state index in [9.17, 15) is 9.59 Å². The molecule has 0 saturated heterocycles. The maximum Gasteiger partial charge on any atom is 0.262 e. The summed E-state index contributed by atoms with van der Waals surface area (Å²) in [6, 6.07) is 25.6. The van der Waals surface area contributed by atoms with Gasteiger partial charge in [-0.05, 0) is 42.9 Å². The molecule has 0 aliphatic rings. The second kappa shape index (κ2) is 11.7. The van der Waals surface area contributed by atoms with Crippen LogP contribution in [-0.2, 0) is 9.59 Å². The maximum absolute atomic E-state index is 13.2. The summed E-state index contributed by atoms with van der Waals surface area (Å²) < 4.78 is 5.62. The average Bonchev–Trinajstić information content (AvgIpc) is 2.82. The fourth-order valence-corrected chi connectivity index (χ4v) is 3.49. The number of ether oxygens (including phenoxy) is 1. The second-order valence-corrected chi connectivity index (χ2v) is 7.25. The molecule has 2 amide bonds. The summed E-state index contributed by atoms with van der Waals surface area (Å²) in [4.78, 5) is 27.4. The standard InChI is InChI=1S/C26H29N3O3/c1-3-29(4-2)25(20-12-7-5-8-13-20)26(31)28-22-16-11-17-23(18-22)32-19-24(30)27-21-14-9-6-10-15-21/h5-18,25H,3-4,19H2,1-2H3,(H,27,30)(H,28,31). The molecular weight excluding hydrogens is 402 g/mol. The molecule has 32 heavy (non-hydrogen) atoms. The Hall–Kier alpha value is -3.64. The first-order valence-corrected chi connectivity index (χ1v) is 10.8. The molecule has 3 aromatic rings. The number of nitrogens with one attached hydrogen (secondary N) is 2. The van der Waals surface area contributed by atoms with Gasteiger partial charge < -0.3 is 15.4 Å². The van der Waals surface area contributed by atoms with Crippen molar-refractivity contribution in [3.8, 4) is 5.75 Å². The minimum absolute atomic E-state index is 0.112. The molecule has 0 spiro atoms. The Labute approximate surface area is 189 Å². The molecule has 6 heteroatoms. The number of benzene rings is 3. The highest BCUT2D eigenvalue weighted by Gasteiger charge is 2.25. The molecule has 0 fully saturated rings. The lowest BCUT2D eigenvalue weighted by molar-refractivity contribution is -0.121. The Kier molecular flexibility index (Phi) is 8.40. The van der Waals surface area contributed by atoms with Gasteiger partial charge in [-0.15, -0.1) is 0 Å². The maximum atomic E-state index is 13.2. The molecule has 1 unspecified atom stereocenters. The van der Waals surface area contributed by atoms with E-state index in [0.29, 0.717) is 17.1 Å². The van der Waals surface area contributed by atoms with Gasteiger partial charge in [0.05, 0.1) is 0 Å². The monoisotopic (exact) mass is 431 g/mol. The number of hydrogen-bond acceptors (Lipinski definition) is 4. The third-order valence-electron chi connectivity index (χ3n) is 5.07. The van der Waals surface area contributed by atoms with Gasteiger partial charge in [0.15, 0.2) is 6.61 Å². The van der Waals surface area contributed by atoms with Crippen molar-refractivity contribution in [2.45, 2.75) is 19.9 Å². The zero-order chi connectivity index (χ0) is 22.8. The highest BCUT2D eigenvalue weighted by molar-refractivity contribution is 5.96. The topological polar surface area (TPSA) is 70.7 Å². The Balaban J connectivity index is 1.64. The van der Waals surface area contributed by atoms with Gasteiger partial charge in [0.25, 0.3) is 5.91 Å². The van der Waals surface area contributed by atoms with Crippen LogP contribution in [-0.4, -0.2) is 36.4 Å². The number of nitrogens with zero attached hydrogens (tertiary/aromatic N) is 1. The number of amides is 2. The number of anilines is 2. The lowest BCUT2D eigenvalue weighted by Gasteiger charge is -2.29. The summed E-state index contributed by atoms with van der Waals surface area (Å²) in [6.07, 6.45) is 0. The lowest BCUT2D eigenvalue weighted by Crippen LogP contribution is -2.37. The smallest absolute Gasteiger partial charge is 0.262 e. The Morgan fingerprint density at radius 2 is 1.44 bits per heavy atom. The highest BCUT2D eigenvalue weighted by atomic mass is 16.5. The number of hydrogen-bond donors (Lipinski definition) is 2. The largest absolute Gasteiger partial charge is 0.484 e. The van der Waals surface area contributed by atoms with E-state index in [1.165, 1.54) is 0 Å². The van der Waals surface area contributed by atoms with Gasteiger partial charge >= 0.3 is 0 Å². The lowest BCUT2D eigenvalue weighted by atomic mass is 10.0. The van der Waals surface area contributed by atoms with Crippen molar-refractivity contribution in [2.75, 3.05) is 30.3 Å². The first-order valence-electron chi connectivity index (χ1n) is 10.8. The van der Waals surface area contributed by atoms with Crippen LogP contribution in [0.15, 0.2) is 84.9 Å². The molecule has 6 nitrogen and oxygen atoms in total. The van der Waals surface area contributed by atoms with E-state index in [4.69, 9.17) is 4.74 Å². The Morgan fingerprint density at radius 3 is 2.09 bits per heavy atom. The van der Waals surface area contributed by atoms with Gasteiger partial charge in [-0.1, -0.05) is 68.4 Å². The van der Waals surface area contributed by atoms with E-state index in [-0.39, 0.29) is 18.4 Å². The Morgan fingerprint density at radius 1 is 0.812 bits per heavy atom. The fraction of sp³-hybridized carbons (Fsp3) is 0.231. The van der Waals surface area contributed by atoms with E-state index in [1.54, 1.807) is 24.3 Å². The van der Waals surface area contributed by atoms with Gasteiger partial charge in [0.1, 0.15) is 11.8 Å². The summed E-state index contributed by atoms with van der Waals surface area (Å²) in [5, 5.41) is 5.77. The van der Waals surface area contributed by atoms with Crippen LogP contribution in [0.1, 0.15) is 25.5 Å². The quantitative estimate of drug-likeness (QED) is 0.487. The van der Waals surface area contributed by atoms with Crippen molar-refractivity contribution in [1.82, 2.24) is 4.90 Å². The normalized spacial score (nSPS) is 11.6. The molecule has 0 heterocycles. The summed E-state index contributed by atoms with van der Waals surface area (Å²) in [5.41, 5.74) is 2.27. The van der Waals surface area contributed by atoms with Crippen LogP contribution in [0.2, 0.25) is 0 Å². The van der Waals surface area contributed by atoms with Crippen LogP contribution in [0, 0.1) is 0 Å². The van der Waals surface area contributed by atoms with Crippen molar-refractivity contribution in [3.63, 3.8) is 0 Å². The van der Waals surface area contributed by atoms with Gasteiger partial charge in [0.2, 0.25) is 5.91 Å². The molecule has 0 aliphatic carbocycles. The summed E-state index contributed by atoms with van der Waals surface area (Å²) in [6.45, 7) is 5.47. The number of para-hydroxylation sites is 1. The van der Waals surface area contributed by atoms with E-state index < -0.39 is 6.04 Å². The molecule has 0 bridgehead atoms. The van der Waals surface area contributed by atoms with Crippen molar-refractivity contribution < 1.29 is 14.3 Å². The zero-order valence-electron chi connectivity index (χ0n) is 18.5. The van der Waals surface area contributed by atoms with Gasteiger partial charge in [-0.25, -0.2) is 0 Å². The molecule has 0 radical (unpaired) electrons. The molecule has 0 aromatic heterocycles. The molecule has 3 rings (SSSR count). The van der Waals surface area contributed by atoms with Crippen LogP contribution in [0.25, 0.3) is 0 Å². The van der Waals surface area contributed by atoms with E-state index in [0.717, 1.165) is 18.7 Å². The highest BCUT2D eigenvalue weighted by Crippen LogP contribution is 2.24. The number of rotatable bonds is 10. The van der Waals surface area contributed by atoms with Crippen LogP contribution in [0.3, 0.4) is 0 Å². The van der Waals surface area contributed by atoms with Crippen molar-refractivity contribution in [2.24, 2.45) is 0 Å². The average molecular weight is 432 g/mol. The molecule has 3 aromatic carbocycles. The summed E-state index contributed by atoms with van der Waals surface area (Å²) in [7, 11) is 0. The van der Waals surface area contributed by atoms with Crippen LogP contribution in [0.4, 0.5) is 11.4 Å². The third kappa shape index (κ3) is 6.43. The van der Waals surface area contributed by atoms with E-state index in [2.05, 4.69) is 15.5 Å². The fourth-order valence-electron chi connectivity index (χ4n) is 3.49. The predicted molar refractivity (Wildman–Crippen MR) is 128 cm³/mol. The van der Waals surface area contributed by atoms with Gasteiger partial charge in [0, 0.05) is 17.4 Å². The van der Waals surface area contributed by atoms with E-state index >= 15 is 0 Å². The summed E-state index contributed by atoms with van der Waals surface area (Å²) >= 11 is 0. The predicted octanol–water partition coefficient (Wildman–Crippen LogP) is 4.73. The molecule has 0 saturated carbocycles. The number of carbonyl (C=O) groups excluding carboxylic acids is 2. The van der Waals surface area contributed by atoms with Crippen molar-refractivity contribution >= 4 is 23.2 Å². The first kappa shape index (κ1) is 23.0.